The molecule has 1 fully saturated rings. The number of para-hydroxylation sites is 1. The molecule has 5 nitrogen and oxygen atoms in total. The van der Waals surface area contributed by atoms with E-state index in [1.807, 2.05) is 19.1 Å². The Kier molecular flexibility index (Phi) is 5.42. The maximum absolute atomic E-state index is 12.6. The van der Waals surface area contributed by atoms with Crippen molar-refractivity contribution in [2.75, 3.05) is 10.6 Å². The highest BCUT2D eigenvalue weighted by Crippen LogP contribution is 2.32. The SMILES string of the molecule is Cc1cccc(Cl)c1Nc1cc(-c2cccc(OC(F)(F)F)c2)nc(NC2CC2)n1. The smallest absolute Gasteiger partial charge is 0.406 e. The summed E-state index contributed by atoms with van der Waals surface area (Å²) in [5, 5.41) is 6.97. The summed E-state index contributed by atoms with van der Waals surface area (Å²) < 4.78 is 41.8. The summed E-state index contributed by atoms with van der Waals surface area (Å²) in [6, 6.07) is 13.2. The van der Waals surface area contributed by atoms with E-state index in [0.29, 0.717) is 39.8 Å². The Morgan fingerprint density at radius 2 is 1.83 bits per heavy atom. The van der Waals surface area contributed by atoms with Crippen LogP contribution in [0.3, 0.4) is 0 Å². The van der Waals surface area contributed by atoms with Crippen molar-refractivity contribution in [3.63, 3.8) is 0 Å². The number of ether oxygens (including phenoxy) is 1. The van der Waals surface area contributed by atoms with E-state index >= 15 is 0 Å². The summed E-state index contributed by atoms with van der Waals surface area (Å²) in [4.78, 5) is 8.97. The number of nitrogens with one attached hydrogen (secondary N) is 2. The Labute approximate surface area is 176 Å². The molecule has 0 aliphatic heterocycles. The zero-order valence-corrected chi connectivity index (χ0v) is 16.7. The van der Waals surface area contributed by atoms with E-state index in [1.54, 1.807) is 18.2 Å². The molecule has 1 aromatic heterocycles. The van der Waals surface area contributed by atoms with Gasteiger partial charge in [-0.15, -0.1) is 13.2 Å². The van der Waals surface area contributed by atoms with E-state index in [0.717, 1.165) is 18.4 Å². The molecule has 2 aromatic carbocycles. The van der Waals surface area contributed by atoms with E-state index in [4.69, 9.17) is 11.6 Å². The number of halogens is 4. The third-order valence-electron chi connectivity index (χ3n) is 4.48. The highest BCUT2D eigenvalue weighted by atomic mass is 35.5. The van der Waals surface area contributed by atoms with Gasteiger partial charge in [0.25, 0.3) is 0 Å². The van der Waals surface area contributed by atoms with Gasteiger partial charge in [-0.1, -0.05) is 35.9 Å². The third kappa shape index (κ3) is 5.13. The summed E-state index contributed by atoms with van der Waals surface area (Å²) in [5.74, 6) is 0.553. The van der Waals surface area contributed by atoms with Crippen LogP contribution in [0.5, 0.6) is 5.75 Å². The lowest BCUT2D eigenvalue weighted by Gasteiger charge is -2.14. The van der Waals surface area contributed by atoms with Gasteiger partial charge in [-0.05, 0) is 43.5 Å². The van der Waals surface area contributed by atoms with Gasteiger partial charge in [0.1, 0.15) is 11.6 Å². The lowest BCUT2D eigenvalue weighted by atomic mass is 10.1. The minimum Gasteiger partial charge on any atom is -0.406 e. The minimum atomic E-state index is -4.77. The molecule has 1 aliphatic rings. The lowest BCUT2D eigenvalue weighted by molar-refractivity contribution is -0.274. The van der Waals surface area contributed by atoms with Gasteiger partial charge in [0.05, 0.1) is 16.4 Å². The topological polar surface area (TPSA) is 59.1 Å². The van der Waals surface area contributed by atoms with Crippen LogP contribution in [0.25, 0.3) is 11.3 Å². The summed E-state index contributed by atoms with van der Waals surface area (Å²) in [6.07, 6.45) is -2.72. The van der Waals surface area contributed by atoms with E-state index in [2.05, 4.69) is 25.3 Å². The molecule has 0 atom stereocenters. The number of aryl methyl sites for hydroxylation is 1. The Balaban J connectivity index is 1.71. The van der Waals surface area contributed by atoms with Crippen LogP contribution in [0.15, 0.2) is 48.5 Å². The van der Waals surface area contributed by atoms with Crippen molar-refractivity contribution in [2.45, 2.75) is 32.2 Å². The average Bonchev–Trinajstić information content (AvgIpc) is 3.47. The number of rotatable bonds is 6. The first-order valence-corrected chi connectivity index (χ1v) is 9.68. The van der Waals surface area contributed by atoms with Crippen LogP contribution in [0.2, 0.25) is 5.02 Å². The summed E-state index contributed by atoms with van der Waals surface area (Å²) in [5.41, 5.74) is 2.56. The van der Waals surface area contributed by atoms with Gasteiger partial charge in [0, 0.05) is 17.7 Å². The molecule has 1 aliphatic carbocycles. The largest absolute Gasteiger partial charge is 0.573 e. The first kappa shape index (κ1) is 20.3. The second-order valence-electron chi connectivity index (χ2n) is 7.01. The first-order valence-electron chi connectivity index (χ1n) is 9.31. The second-order valence-corrected chi connectivity index (χ2v) is 7.42. The maximum atomic E-state index is 12.6. The van der Waals surface area contributed by atoms with Gasteiger partial charge in [0.2, 0.25) is 5.95 Å². The molecule has 4 rings (SSSR count). The number of aromatic nitrogens is 2. The molecule has 0 amide bonds. The molecule has 0 radical (unpaired) electrons. The minimum absolute atomic E-state index is 0.301. The van der Waals surface area contributed by atoms with Gasteiger partial charge in [-0.25, -0.2) is 4.98 Å². The van der Waals surface area contributed by atoms with Crippen molar-refractivity contribution in [3.05, 3.63) is 59.1 Å². The van der Waals surface area contributed by atoms with Crippen LogP contribution < -0.4 is 15.4 Å². The van der Waals surface area contributed by atoms with Crippen LogP contribution in [-0.4, -0.2) is 22.4 Å². The maximum Gasteiger partial charge on any atom is 0.573 e. The summed E-state index contributed by atoms with van der Waals surface area (Å²) in [6.45, 7) is 1.91. The quantitative estimate of drug-likeness (QED) is 0.475. The number of hydrogen-bond acceptors (Lipinski definition) is 5. The van der Waals surface area contributed by atoms with Crippen molar-refractivity contribution in [1.29, 1.82) is 0 Å². The average molecular weight is 435 g/mol. The number of alkyl halides is 3. The van der Waals surface area contributed by atoms with Crippen molar-refractivity contribution in [3.8, 4) is 17.0 Å². The fourth-order valence-corrected chi connectivity index (χ4v) is 3.17. The molecule has 1 saturated carbocycles. The molecule has 9 heteroatoms. The fraction of sp³-hybridized carbons (Fsp3) is 0.238. The molecular formula is C21H18ClF3N4O. The monoisotopic (exact) mass is 434 g/mol. The van der Waals surface area contributed by atoms with Crippen LogP contribution >= 0.6 is 11.6 Å². The predicted octanol–water partition coefficient (Wildman–Crippen LogP) is 6.32. The van der Waals surface area contributed by atoms with Crippen LogP contribution in [0.4, 0.5) is 30.6 Å². The van der Waals surface area contributed by atoms with Gasteiger partial charge >= 0.3 is 6.36 Å². The molecule has 30 heavy (non-hydrogen) atoms. The van der Waals surface area contributed by atoms with Crippen molar-refractivity contribution in [2.24, 2.45) is 0 Å². The van der Waals surface area contributed by atoms with E-state index in [1.165, 1.54) is 18.2 Å². The number of hydrogen-bond donors (Lipinski definition) is 2. The molecule has 0 spiro atoms. The van der Waals surface area contributed by atoms with Gasteiger partial charge in [-0.3, -0.25) is 0 Å². The zero-order valence-electron chi connectivity index (χ0n) is 15.9. The summed E-state index contributed by atoms with van der Waals surface area (Å²) in [7, 11) is 0. The molecule has 156 valence electrons. The second kappa shape index (κ2) is 8.02. The Morgan fingerprint density at radius 3 is 2.53 bits per heavy atom. The zero-order chi connectivity index (χ0) is 21.3. The van der Waals surface area contributed by atoms with Gasteiger partial charge < -0.3 is 15.4 Å². The van der Waals surface area contributed by atoms with Crippen LogP contribution in [-0.2, 0) is 0 Å². The van der Waals surface area contributed by atoms with E-state index in [-0.39, 0.29) is 5.75 Å². The highest BCUT2D eigenvalue weighted by Gasteiger charge is 2.31. The van der Waals surface area contributed by atoms with Gasteiger partial charge in [-0.2, -0.15) is 4.98 Å². The Bertz CT molecular complexity index is 1050. The van der Waals surface area contributed by atoms with Crippen molar-refractivity contribution in [1.82, 2.24) is 9.97 Å². The van der Waals surface area contributed by atoms with Crippen LogP contribution in [0.1, 0.15) is 18.4 Å². The van der Waals surface area contributed by atoms with Gasteiger partial charge in [0.15, 0.2) is 0 Å². The van der Waals surface area contributed by atoms with Crippen LogP contribution in [0, 0.1) is 6.92 Å². The predicted molar refractivity (Wildman–Crippen MR) is 110 cm³/mol. The third-order valence-corrected chi connectivity index (χ3v) is 4.79. The lowest BCUT2D eigenvalue weighted by Crippen LogP contribution is -2.17. The molecule has 0 unspecified atom stereocenters. The van der Waals surface area contributed by atoms with Crippen molar-refractivity contribution < 1.29 is 17.9 Å². The number of benzene rings is 2. The standard InChI is InChI=1S/C21H18ClF3N4O/c1-12-4-2-7-16(22)19(12)28-18-11-17(27-20(29-18)26-14-8-9-14)13-5-3-6-15(10-13)30-21(23,24)25/h2-7,10-11,14H,8-9H2,1H3,(H2,26,27,28,29). The molecule has 3 aromatic rings. The van der Waals surface area contributed by atoms with E-state index < -0.39 is 6.36 Å². The fourth-order valence-electron chi connectivity index (χ4n) is 2.90. The summed E-state index contributed by atoms with van der Waals surface area (Å²) >= 11 is 6.31. The number of anilines is 3. The Morgan fingerprint density at radius 1 is 1.07 bits per heavy atom. The highest BCUT2D eigenvalue weighted by molar-refractivity contribution is 6.33. The van der Waals surface area contributed by atoms with E-state index in [9.17, 15) is 13.2 Å². The Hall–Kier alpha value is -3.00. The normalized spacial score (nSPS) is 13.8. The molecule has 0 saturated heterocycles. The molecule has 0 bridgehead atoms. The molecular weight excluding hydrogens is 417 g/mol. The first-order chi connectivity index (χ1) is 14.3. The molecule has 1 heterocycles. The number of nitrogens with zero attached hydrogens (tertiary/aromatic N) is 2. The van der Waals surface area contributed by atoms with Crippen molar-refractivity contribution >= 4 is 29.1 Å². The molecule has 2 N–H and O–H groups in total.